The van der Waals surface area contributed by atoms with Crippen molar-refractivity contribution in [3.8, 4) is 11.5 Å². The molecule has 1 saturated heterocycles. The summed E-state index contributed by atoms with van der Waals surface area (Å²) in [6.07, 6.45) is 1.40. The van der Waals surface area contributed by atoms with Crippen molar-refractivity contribution in [2.45, 2.75) is 26.7 Å². The first kappa shape index (κ1) is 23.7. The SMILES string of the molecule is Cc1ccc(C)c(NC(=O)C2CCCN(C(=O)c3nnc(C(=O)Nc4ccc5c(c4)OCO5)s3)C2)c1. The fourth-order valence-electron chi connectivity index (χ4n) is 4.18. The van der Waals surface area contributed by atoms with Crippen LogP contribution in [0.3, 0.4) is 0 Å². The third kappa shape index (κ3) is 5.01. The van der Waals surface area contributed by atoms with Gasteiger partial charge in [0, 0.05) is 30.5 Å². The number of rotatable bonds is 5. The van der Waals surface area contributed by atoms with E-state index in [1.54, 1.807) is 23.1 Å². The van der Waals surface area contributed by atoms with Crippen molar-refractivity contribution in [2.75, 3.05) is 30.5 Å². The monoisotopic (exact) mass is 507 g/mol. The zero-order valence-corrected chi connectivity index (χ0v) is 20.7. The first-order chi connectivity index (χ1) is 17.4. The average molecular weight is 508 g/mol. The normalized spacial score (nSPS) is 16.5. The van der Waals surface area contributed by atoms with Crippen LogP contribution in [-0.2, 0) is 4.79 Å². The molecule has 2 N–H and O–H groups in total. The van der Waals surface area contributed by atoms with Crippen LogP contribution in [0.15, 0.2) is 36.4 Å². The van der Waals surface area contributed by atoms with Crippen LogP contribution in [0.5, 0.6) is 11.5 Å². The Morgan fingerprint density at radius 3 is 2.67 bits per heavy atom. The molecule has 3 heterocycles. The van der Waals surface area contributed by atoms with Crippen molar-refractivity contribution in [1.82, 2.24) is 15.1 Å². The summed E-state index contributed by atoms with van der Waals surface area (Å²) in [6.45, 7) is 4.86. The molecule has 1 unspecified atom stereocenters. The lowest BCUT2D eigenvalue weighted by atomic mass is 9.96. The number of anilines is 2. The summed E-state index contributed by atoms with van der Waals surface area (Å²) in [7, 11) is 0. The maximum absolute atomic E-state index is 13.1. The number of aromatic nitrogens is 2. The van der Waals surface area contributed by atoms with Crippen molar-refractivity contribution in [1.29, 1.82) is 0 Å². The molecule has 5 rings (SSSR count). The van der Waals surface area contributed by atoms with E-state index in [-0.39, 0.29) is 41.1 Å². The summed E-state index contributed by atoms with van der Waals surface area (Å²) in [4.78, 5) is 40.3. The summed E-state index contributed by atoms with van der Waals surface area (Å²) >= 11 is 0.921. The van der Waals surface area contributed by atoms with E-state index in [1.165, 1.54) is 0 Å². The van der Waals surface area contributed by atoms with E-state index in [4.69, 9.17) is 9.47 Å². The second kappa shape index (κ2) is 9.94. The molecule has 1 atom stereocenters. The number of benzene rings is 2. The molecule has 0 bridgehead atoms. The number of piperidine rings is 1. The van der Waals surface area contributed by atoms with E-state index >= 15 is 0 Å². The smallest absolute Gasteiger partial charge is 0.286 e. The van der Waals surface area contributed by atoms with Crippen LogP contribution in [-0.4, -0.2) is 52.7 Å². The van der Waals surface area contributed by atoms with Crippen molar-refractivity contribution in [3.05, 3.63) is 57.5 Å². The number of amides is 3. The third-order valence-corrected chi connectivity index (χ3v) is 7.07. The molecular formula is C25H25N5O5S. The average Bonchev–Trinajstić information content (AvgIpc) is 3.55. The number of carbonyl (C=O) groups is 3. The molecule has 36 heavy (non-hydrogen) atoms. The summed E-state index contributed by atoms with van der Waals surface area (Å²) in [5.41, 5.74) is 3.34. The fourth-order valence-corrected chi connectivity index (χ4v) is 4.88. The number of nitrogens with one attached hydrogen (secondary N) is 2. The Morgan fingerprint density at radius 2 is 1.81 bits per heavy atom. The molecular weight excluding hydrogens is 482 g/mol. The van der Waals surface area contributed by atoms with Crippen LogP contribution in [0.4, 0.5) is 11.4 Å². The Morgan fingerprint density at radius 1 is 1.00 bits per heavy atom. The predicted octanol–water partition coefficient (Wildman–Crippen LogP) is 3.63. The molecule has 2 aromatic carbocycles. The van der Waals surface area contributed by atoms with E-state index in [9.17, 15) is 14.4 Å². The summed E-state index contributed by atoms with van der Waals surface area (Å²) in [6, 6.07) is 11.0. The first-order valence-corrected chi connectivity index (χ1v) is 12.4. The van der Waals surface area contributed by atoms with Gasteiger partial charge in [-0.3, -0.25) is 14.4 Å². The molecule has 2 aliphatic heterocycles. The number of nitrogens with zero attached hydrogens (tertiary/aromatic N) is 3. The maximum atomic E-state index is 13.1. The van der Waals surface area contributed by atoms with Crippen LogP contribution in [0.2, 0.25) is 0 Å². The van der Waals surface area contributed by atoms with Crippen LogP contribution in [0.25, 0.3) is 0 Å². The lowest BCUT2D eigenvalue weighted by Crippen LogP contribution is -2.43. The van der Waals surface area contributed by atoms with Gasteiger partial charge in [-0.1, -0.05) is 23.5 Å². The van der Waals surface area contributed by atoms with Crippen LogP contribution in [0, 0.1) is 19.8 Å². The van der Waals surface area contributed by atoms with Crippen molar-refractivity contribution >= 4 is 40.4 Å². The third-order valence-electron chi connectivity index (χ3n) is 6.16. The van der Waals surface area contributed by atoms with Crippen LogP contribution >= 0.6 is 11.3 Å². The largest absolute Gasteiger partial charge is 0.454 e. The van der Waals surface area contributed by atoms with Crippen molar-refractivity contribution in [3.63, 3.8) is 0 Å². The predicted molar refractivity (Wildman–Crippen MR) is 134 cm³/mol. The Kier molecular flexibility index (Phi) is 6.55. The van der Waals surface area contributed by atoms with Gasteiger partial charge in [0.15, 0.2) is 11.5 Å². The van der Waals surface area contributed by atoms with Gasteiger partial charge in [-0.15, -0.1) is 10.2 Å². The van der Waals surface area contributed by atoms with Gasteiger partial charge in [0.2, 0.25) is 22.7 Å². The van der Waals surface area contributed by atoms with Gasteiger partial charge in [0.25, 0.3) is 11.8 Å². The van der Waals surface area contributed by atoms with Crippen LogP contribution in [0.1, 0.15) is 43.6 Å². The minimum Gasteiger partial charge on any atom is -0.454 e. The maximum Gasteiger partial charge on any atom is 0.286 e. The van der Waals surface area contributed by atoms with Gasteiger partial charge in [-0.05, 0) is 56.0 Å². The number of aryl methyl sites for hydroxylation is 2. The van der Waals surface area contributed by atoms with Crippen LogP contribution < -0.4 is 20.1 Å². The number of ether oxygens (including phenoxy) is 2. The second-order valence-corrected chi connectivity index (χ2v) is 9.81. The molecule has 0 aliphatic carbocycles. The highest BCUT2D eigenvalue weighted by Crippen LogP contribution is 2.34. The van der Waals surface area contributed by atoms with Gasteiger partial charge >= 0.3 is 0 Å². The first-order valence-electron chi connectivity index (χ1n) is 11.6. The van der Waals surface area contributed by atoms with E-state index in [1.807, 2.05) is 32.0 Å². The minimum atomic E-state index is -0.477. The molecule has 11 heteroatoms. The van der Waals surface area contributed by atoms with Gasteiger partial charge in [0.1, 0.15) is 0 Å². The van der Waals surface area contributed by atoms with E-state index in [0.29, 0.717) is 36.6 Å². The highest BCUT2D eigenvalue weighted by molar-refractivity contribution is 7.15. The molecule has 10 nitrogen and oxygen atoms in total. The zero-order valence-electron chi connectivity index (χ0n) is 19.9. The molecule has 0 spiro atoms. The van der Waals surface area contributed by atoms with E-state index in [0.717, 1.165) is 28.2 Å². The van der Waals surface area contributed by atoms with Gasteiger partial charge in [0.05, 0.1) is 5.92 Å². The Bertz CT molecular complexity index is 1340. The topological polar surface area (TPSA) is 123 Å². The number of carbonyl (C=O) groups excluding carboxylic acids is 3. The molecule has 1 fully saturated rings. The number of fused-ring (bicyclic) bond motifs is 1. The standard InChI is InChI=1S/C25H25N5O5S/c1-14-5-6-15(2)18(10-14)27-21(31)16-4-3-9-30(12-16)25(33)24-29-28-23(36-24)22(32)26-17-7-8-19-20(11-17)35-13-34-19/h5-8,10-11,16H,3-4,9,12-13H2,1-2H3,(H,26,32)(H,27,31). The molecule has 2 aliphatic rings. The Labute approximate surface area is 211 Å². The minimum absolute atomic E-state index is 0.0669. The number of hydrogen-bond donors (Lipinski definition) is 2. The quantitative estimate of drug-likeness (QED) is 0.541. The van der Waals surface area contributed by atoms with Gasteiger partial charge < -0.3 is 25.0 Å². The molecule has 186 valence electrons. The highest BCUT2D eigenvalue weighted by Gasteiger charge is 2.31. The van der Waals surface area contributed by atoms with Gasteiger partial charge in [-0.25, -0.2) is 0 Å². The Balaban J connectivity index is 1.21. The van der Waals surface area contributed by atoms with Crippen molar-refractivity contribution in [2.24, 2.45) is 5.92 Å². The lowest BCUT2D eigenvalue weighted by molar-refractivity contribution is -0.121. The summed E-state index contributed by atoms with van der Waals surface area (Å²) < 4.78 is 10.6. The Hall–Kier alpha value is -3.99. The fraction of sp³-hybridized carbons (Fsp3) is 0.320. The zero-order chi connectivity index (χ0) is 25.2. The second-order valence-electron chi connectivity index (χ2n) is 8.83. The molecule has 1 aromatic heterocycles. The summed E-state index contributed by atoms with van der Waals surface area (Å²) in [5.74, 6) is -0.0956. The molecule has 3 aromatic rings. The molecule has 3 amide bonds. The van der Waals surface area contributed by atoms with E-state index < -0.39 is 5.91 Å². The number of hydrogen-bond acceptors (Lipinski definition) is 8. The number of likely N-dealkylation sites (tertiary alicyclic amines) is 1. The highest BCUT2D eigenvalue weighted by atomic mass is 32.1. The van der Waals surface area contributed by atoms with E-state index in [2.05, 4.69) is 20.8 Å². The molecule has 0 saturated carbocycles. The summed E-state index contributed by atoms with van der Waals surface area (Å²) in [5, 5.41) is 13.8. The molecule has 0 radical (unpaired) electrons. The van der Waals surface area contributed by atoms with Crippen molar-refractivity contribution < 1.29 is 23.9 Å². The lowest BCUT2D eigenvalue weighted by Gasteiger charge is -2.31. The van der Waals surface area contributed by atoms with Gasteiger partial charge in [-0.2, -0.15) is 0 Å².